The predicted octanol–water partition coefficient (Wildman–Crippen LogP) is 19.3. The summed E-state index contributed by atoms with van der Waals surface area (Å²) < 4.78 is 711. The first kappa shape index (κ1) is 93.8. The molecule has 6 heterocycles. The van der Waals surface area contributed by atoms with Gasteiger partial charge in [-0.15, -0.1) is 0 Å². The molecule has 12 nitrogen and oxygen atoms in total. The molecule has 6 fully saturated rings. The van der Waals surface area contributed by atoms with Crippen molar-refractivity contribution in [1.29, 1.82) is 0 Å². The topological polar surface area (TPSA) is 111 Å². The highest BCUT2D eigenvalue weighted by molar-refractivity contribution is 7.03. The summed E-state index contributed by atoms with van der Waals surface area (Å²) >= 11 is 0. The van der Waals surface area contributed by atoms with Crippen molar-refractivity contribution in [3.63, 3.8) is 0 Å². The number of benzene rings is 8. The summed E-state index contributed by atoms with van der Waals surface area (Å²) in [7, 11) is -60.8. The fourth-order valence-corrected chi connectivity index (χ4v) is 63.7. The standard InChI is InChI=1S/C64H32F40O12Si8/c65-25-17(26(66)42(82)57(97)41(25)81)1-9-117-105-118(10-2-18-27(67)43(83)58(98)44(84)28(18)68)108-121(13-5-21-33(73)49(89)61(101)50(90)34(21)74)110-119(106-117,11-3-19-29(69)45(85)59(99)46(86)30(19)70)112-123(15-7-23-37(77)53(93)63(103)54(94)38(23)78)113-120(107-117,12-4-20-31(71)47(87)60(100)48(88)32(20)72)111-122(109-118,14-6-22-35(75)51(91)62(102)52(92)36(22)76)115-124(114-121,116-123)16-8-24-39(79)55(95)64(104)56(96)40(24)80/h1-16H2. The average molecular weight is 1980 g/mol. The molecule has 14 rings (SSSR count). The van der Waals surface area contributed by atoms with Gasteiger partial charge in [0.15, 0.2) is 186 Å². The van der Waals surface area contributed by atoms with Crippen LogP contribution in [0.5, 0.6) is 0 Å². The van der Waals surface area contributed by atoms with Gasteiger partial charge in [0, 0.05) is 92.9 Å². The van der Waals surface area contributed by atoms with Gasteiger partial charge >= 0.3 is 70.4 Å². The van der Waals surface area contributed by atoms with Crippen LogP contribution in [0, 0.1) is 233 Å². The molecule has 0 atom stereocenters. The summed E-state index contributed by atoms with van der Waals surface area (Å²) in [6, 6.07) is -19.2. The minimum Gasteiger partial charge on any atom is -0.373 e. The fraction of sp³-hybridized carbons (Fsp3) is 0.250. The Morgan fingerprint density at radius 3 is 0.218 bits per heavy atom. The Kier molecular flexibility index (Phi) is 25.3. The molecule has 0 aromatic heterocycles. The van der Waals surface area contributed by atoms with Gasteiger partial charge in [0.1, 0.15) is 0 Å². The maximum absolute atomic E-state index is 16.5. The van der Waals surface area contributed by atoms with E-state index in [1.54, 1.807) is 0 Å². The van der Waals surface area contributed by atoms with E-state index < -0.39 is 447 Å². The minimum atomic E-state index is -7.60. The maximum atomic E-state index is 16.5. The minimum absolute atomic E-state index is 2.33. The second-order valence-corrected chi connectivity index (χ2v) is 51.8. The SMILES string of the molecule is Fc1c(F)c(F)c(CC[Si]23O[Si]4(CCc5c(F)c(F)c(F)c(F)c5F)O[Si]5(CCc6c(F)c(F)c(F)c(F)c6F)O[Si](CCc6c(F)c(F)c(F)c(F)c6F)(O2)O[Si]2(CCc6c(F)c(F)c(F)c(F)c6F)O[Si](CCc6c(F)c(F)c(F)c(F)c6F)(O3)O[Si](CCc3c(F)c(F)c(F)c(F)c3F)(O4)O[Si](CCc3c(F)c(F)c(F)c(F)c3F)(O5)O2)c(F)c1F. The molecule has 8 aromatic carbocycles. The molecule has 8 bridgehead atoms. The van der Waals surface area contributed by atoms with Gasteiger partial charge in [-0.2, -0.15) is 0 Å². The molecule has 0 unspecified atom stereocenters. The maximum Gasteiger partial charge on any atom is 0.479 e. The zero-order valence-electron chi connectivity index (χ0n) is 59.3. The molecule has 6 aliphatic rings. The molecule has 124 heavy (non-hydrogen) atoms. The van der Waals surface area contributed by atoms with E-state index in [1.807, 2.05) is 0 Å². The van der Waals surface area contributed by atoms with Crippen molar-refractivity contribution in [3.05, 3.63) is 277 Å². The van der Waals surface area contributed by atoms with Crippen molar-refractivity contribution in [1.82, 2.24) is 0 Å². The van der Waals surface area contributed by atoms with Crippen molar-refractivity contribution in [2.75, 3.05) is 0 Å². The molecule has 0 N–H and O–H groups in total. The zero-order valence-corrected chi connectivity index (χ0v) is 67.3. The molecular weight excluding hydrogens is 1950 g/mol. The lowest BCUT2D eigenvalue weighted by Gasteiger charge is -2.63. The Morgan fingerprint density at radius 1 is 0.0968 bits per heavy atom. The van der Waals surface area contributed by atoms with Crippen molar-refractivity contribution in [2.24, 2.45) is 0 Å². The van der Waals surface area contributed by atoms with E-state index in [0.29, 0.717) is 0 Å². The molecular formula is C64H32F40O12Si8. The summed E-state index contributed by atoms with van der Waals surface area (Å²) in [6.07, 6.45) is -18.7. The van der Waals surface area contributed by atoms with Crippen LogP contribution < -0.4 is 0 Å². The predicted molar refractivity (Wildman–Crippen MR) is 337 cm³/mol. The third-order valence-electron chi connectivity index (χ3n) is 19.6. The van der Waals surface area contributed by atoms with Gasteiger partial charge in [-0.25, -0.2) is 176 Å². The first-order valence-corrected chi connectivity index (χ1v) is 49.6. The molecule has 0 amide bonds. The third kappa shape index (κ3) is 15.8. The number of rotatable bonds is 24. The van der Waals surface area contributed by atoms with E-state index in [-0.39, 0.29) is 0 Å². The molecule has 60 heteroatoms. The highest BCUT2D eigenvalue weighted by Crippen LogP contribution is 2.57. The summed E-state index contributed by atoms with van der Waals surface area (Å²) in [5.41, 5.74) is -18.6. The van der Waals surface area contributed by atoms with Gasteiger partial charge in [0.25, 0.3) is 0 Å². The molecule has 6 saturated heterocycles. The molecule has 0 saturated carbocycles. The number of halogens is 40. The van der Waals surface area contributed by atoms with Crippen LogP contribution in [0.1, 0.15) is 44.5 Å². The van der Waals surface area contributed by atoms with Crippen molar-refractivity contribution >= 4 is 70.4 Å². The monoisotopic (exact) mass is 1980 g/mol. The Morgan fingerprint density at radius 2 is 0.153 bits per heavy atom. The summed E-state index contributed by atoms with van der Waals surface area (Å²) in [4.78, 5) is 0. The van der Waals surface area contributed by atoms with Crippen LogP contribution in [0.15, 0.2) is 0 Å². The van der Waals surface area contributed by atoms with Crippen molar-refractivity contribution in [2.45, 2.75) is 99.7 Å². The van der Waals surface area contributed by atoms with Crippen LogP contribution >= 0.6 is 0 Å². The van der Waals surface area contributed by atoms with Crippen LogP contribution in [0.4, 0.5) is 176 Å². The highest BCUT2D eigenvalue weighted by atomic mass is 28.6. The zero-order chi connectivity index (χ0) is 91.5. The molecule has 0 radical (unpaired) electrons. The second-order valence-electron chi connectivity index (χ2n) is 27.1. The van der Waals surface area contributed by atoms with Gasteiger partial charge in [-0.05, 0) is 51.4 Å². The summed E-state index contributed by atoms with van der Waals surface area (Å²) in [6.45, 7) is 0. The van der Waals surface area contributed by atoms with Crippen LogP contribution in [0.2, 0.25) is 48.4 Å². The van der Waals surface area contributed by atoms with E-state index in [4.69, 9.17) is 49.4 Å². The van der Waals surface area contributed by atoms with E-state index in [0.717, 1.165) is 0 Å². The lowest BCUT2D eigenvalue weighted by molar-refractivity contribution is -0.0305. The lowest BCUT2D eigenvalue weighted by Crippen LogP contribution is -2.88. The Bertz CT molecular complexity index is 4490. The van der Waals surface area contributed by atoms with E-state index in [9.17, 15) is 35.1 Å². The van der Waals surface area contributed by atoms with Gasteiger partial charge in [-0.3, -0.25) is 0 Å². The lowest BCUT2D eigenvalue weighted by atomic mass is 10.1. The first-order chi connectivity index (χ1) is 57.7. The third-order valence-corrected chi connectivity index (χ3v) is 56.3. The highest BCUT2D eigenvalue weighted by Gasteiger charge is 2.83. The fourth-order valence-electron chi connectivity index (χ4n) is 13.8. The van der Waals surface area contributed by atoms with Gasteiger partial charge in [-0.1, -0.05) is 0 Å². The van der Waals surface area contributed by atoms with E-state index in [2.05, 4.69) is 0 Å². The van der Waals surface area contributed by atoms with Crippen LogP contribution in [-0.2, 0) is 101 Å². The second kappa shape index (κ2) is 33.4. The molecule has 672 valence electrons. The summed E-state index contributed by atoms with van der Waals surface area (Å²) in [5.74, 6) is -122. The van der Waals surface area contributed by atoms with E-state index >= 15 is 140 Å². The molecule has 0 aliphatic carbocycles. The number of hydrogen-bond acceptors (Lipinski definition) is 12. The normalized spacial score (nSPS) is 24.2. The first-order valence-electron chi connectivity index (χ1n) is 34.1. The summed E-state index contributed by atoms with van der Waals surface area (Å²) in [5, 5.41) is 0. The van der Waals surface area contributed by atoms with Crippen molar-refractivity contribution in [3.8, 4) is 0 Å². The largest absolute Gasteiger partial charge is 0.479 e. The van der Waals surface area contributed by atoms with E-state index in [1.165, 1.54) is 0 Å². The van der Waals surface area contributed by atoms with Crippen LogP contribution in [0.3, 0.4) is 0 Å². The van der Waals surface area contributed by atoms with Crippen molar-refractivity contribution < 1.29 is 225 Å². The Hall–Kier alpha value is -7.78. The van der Waals surface area contributed by atoms with Crippen LogP contribution in [-0.4, -0.2) is 70.4 Å². The van der Waals surface area contributed by atoms with Crippen LogP contribution in [0.25, 0.3) is 0 Å². The smallest absolute Gasteiger partial charge is 0.373 e. The quantitative estimate of drug-likeness (QED) is 0.0249. The Labute approximate surface area is 670 Å². The molecule has 0 spiro atoms. The average Bonchev–Trinajstić information content (AvgIpc) is 0.681. The van der Waals surface area contributed by atoms with Gasteiger partial charge in [0.2, 0.25) is 46.5 Å². The van der Waals surface area contributed by atoms with Gasteiger partial charge < -0.3 is 49.4 Å². The van der Waals surface area contributed by atoms with Gasteiger partial charge in [0.05, 0.1) is 0 Å². The molecule has 8 aromatic rings. The number of hydrogen-bond donors (Lipinski definition) is 0. The molecule has 6 aliphatic heterocycles. The Balaban J connectivity index is 1.23.